The zero-order valence-corrected chi connectivity index (χ0v) is 7.67. The number of benzene rings is 1. The number of fused-ring (bicyclic) bond motifs is 1. The highest BCUT2D eigenvalue weighted by Crippen LogP contribution is 2.32. The molecule has 0 atom stereocenters. The molecule has 0 saturated carbocycles. The summed E-state index contributed by atoms with van der Waals surface area (Å²) < 4.78 is 46.5. The number of rotatable bonds is 4. The smallest absolute Gasteiger partial charge is 0.231 e. The number of hydrogen-bond acceptors (Lipinski definition) is 3. The van der Waals surface area contributed by atoms with Crippen LogP contribution < -0.4 is 14.8 Å². The summed E-state index contributed by atoms with van der Waals surface area (Å²) in [7, 11) is 0. The van der Waals surface area contributed by atoms with E-state index in [1.165, 1.54) is 0 Å². The second-order valence-corrected chi connectivity index (χ2v) is 2.99. The van der Waals surface area contributed by atoms with E-state index < -0.39 is 13.3 Å². The van der Waals surface area contributed by atoms with E-state index in [0.717, 1.165) is 5.56 Å². The van der Waals surface area contributed by atoms with Crippen molar-refractivity contribution < 1.29 is 16.3 Å². The van der Waals surface area contributed by atoms with Gasteiger partial charge in [0, 0.05) is 6.85 Å². The summed E-state index contributed by atoms with van der Waals surface area (Å²) in [5.74, 6) is 1.35. The van der Waals surface area contributed by atoms with Gasteiger partial charge in [0.05, 0.1) is 0 Å². The zero-order chi connectivity index (χ0) is 14.1. The van der Waals surface area contributed by atoms with Gasteiger partial charge in [-0.25, -0.2) is 0 Å². The van der Waals surface area contributed by atoms with Gasteiger partial charge < -0.3 is 14.8 Å². The topological polar surface area (TPSA) is 30.5 Å². The predicted molar refractivity (Wildman–Crippen MR) is 54.8 cm³/mol. The van der Waals surface area contributed by atoms with Crippen LogP contribution in [0.5, 0.6) is 11.5 Å². The predicted octanol–water partition coefficient (Wildman–Crippen LogP) is 1.57. The molecule has 1 aromatic rings. The Bertz CT molecular complexity index is 461. The summed E-state index contributed by atoms with van der Waals surface area (Å²) in [6.45, 7) is -4.63. The fraction of sp³-hybridized carbons (Fsp3) is 0.455. The molecular weight excluding hydrogens is 178 g/mol. The molecule has 0 fully saturated rings. The third kappa shape index (κ3) is 1.99. The Morgan fingerprint density at radius 1 is 1.50 bits per heavy atom. The maximum atomic E-state index is 7.41. The second-order valence-electron chi connectivity index (χ2n) is 2.99. The molecule has 0 aromatic heterocycles. The van der Waals surface area contributed by atoms with Crippen molar-refractivity contribution in [1.82, 2.24) is 5.32 Å². The molecule has 0 amide bonds. The summed E-state index contributed by atoms with van der Waals surface area (Å²) >= 11 is 0. The van der Waals surface area contributed by atoms with Crippen LogP contribution in [0.2, 0.25) is 0 Å². The van der Waals surface area contributed by atoms with E-state index in [2.05, 4.69) is 5.32 Å². The molecule has 14 heavy (non-hydrogen) atoms. The minimum atomic E-state index is -2.68. The summed E-state index contributed by atoms with van der Waals surface area (Å²) in [5, 5.41) is 2.41. The number of ether oxygens (including phenoxy) is 2. The molecule has 1 aliphatic rings. The Hall–Kier alpha value is -1.22. The first-order valence-corrected chi connectivity index (χ1v) is 4.43. The Balaban J connectivity index is 1.90. The van der Waals surface area contributed by atoms with Crippen molar-refractivity contribution in [2.75, 3.05) is 19.8 Å². The van der Waals surface area contributed by atoms with Crippen LogP contribution in [0, 0.1) is 0 Å². The van der Waals surface area contributed by atoms with Crippen molar-refractivity contribution in [3.8, 4) is 11.5 Å². The average molecular weight is 198 g/mol. The van der Waals surface area contributed by atoms with Crippen molar-refractivity contribution in [2.45, 2.75) is 13.3 Å². The van der Waals surface area contributed by atoms with Gasteiger partial charge in [0.25, 0.3) is 0 Å². The summed E-state index contributed by atoms with van der Waals surface area (Å²) in [5.41, 5.74) is 0.929. The number of hydrogen-bond donors (Lipinski definition) is 1. The molecule has 1 aromatic carbocycles. The van der Waals surface area contributed by atoms with Crippen LogP contribution in [-0.2, 0) is 6.42 Å². The van der Waals surface area contributed by atoms with Crippen molar-refractivity contribution in [2.24, 2.45) is 0 Å². The minimum absolute atomic E-state index is 0.207. The van der Waals surface area contributed by atoms with Gasteiger partial charge in [0.1, 0.15) is 0 Å². The Kier molecular flexibility index (Phi) is 1.56. The fourth-order valence-corrected chi connectivity index (χ4v) is 1.37. The molecule has 2 rings (SSSR count). The Morgan fingerprint density at radius 2 is 2.43 bits per heavy atom. The van der Waals surface area contributed by atoms with E-state index in [1.807, 2.05) is 12.1 Å². The quantitative estimate of drug-likeness (QED) is 0.796. The highest BCUT2D eigenvalue weighted by atomic mass is 16.7. The highest BCUT2D eigenvalue weighted by molar-refractivity contribution is 5.44. The monoisotopic (exact) mass is 198 g/mol. The number of nitrogens with one attached hydrogen (secondary N) is 1. The van der Waals surface area contributed by atoms with Crippen molar-refractivity contribution in [3.63, 3.8) is 0 Å². The van der Waals surface area contributed by atoms with Crippen LogP contribution in [0.3, 0.4) is 0 Å². The van der Waals surface area contributed by atoms with E-state index in [4.69, 9.17) is 16.3 Å². The van der Waals surface area contributed by atoms with Crippen LogP contribution in [0.4, 0.5) is 0 Å². The molecular formula is C11H15NO2. The average Bonchev–Trinajstić information content (AvgIpc) is 2.74. The molecule has 0 spiro atoms. The van der Waals surface area contributed by atoms with Crippen molar-refractivity contribution in [3.05, 3.63) is 23.8 Å². The molecule has 1 N–H and O–H groups in total. The van der Waals surface area contributed by atoms with Crippen LogP contribution in [0.15, 0.2) is 18.2 Å². The van der Waals surface area contributed by atoms with E-state index in [1.54, 1.807) is 6.07 Å². The molecule has 0 saturated heterocycles. The molecule has 1 heterocycles. The third-order valence-corrected chi connectivity index (χ3v) is 2.06. The summed E-state index contributed by atoms with van der Waals surface area (Å²) in [4.78, 5) is 0. The lowest BCUT2D eigenvalue weighted by molar-refractivity contribution is 0.174. The van der Waals surface area contributed by atoms with Gasteiger partial charge in [-0.3, -0.25) is 0 Å². The van der Waals surface area contributed by atoms with E-state index >= 15 is 0 Å². The van der Waals surface area contributed by atoms with Gasteiger partial charge in [0.15, 0.2) is 11.5 Å². The first kappa shape index (κ1) is 5.03. The third-order valence-electron chi connectivity index (χ3n) is 2.06. The maximum Gasteiger partial charge on any atom is 0.231 e. The lowest BCUT2D eigenvalue weighted by atomic mass is 10.1. The van der Waals surface area contributed by atoms with Crippen LogP contribution in [-0.4, -0.2) is 19.8 Å². The van der Waals surface area contributed by atoms with Crippen LogP contribution >= 0.6 is 0 Å². The lowest BCUT2D eigenvalue weighted by Gasteiger charge is -2.03. The highest BCUT2D eigenvalue weighted by Gasteiger charge is 2.12. The molecule has 0 aliphatic carbocycles. The summed E-state index contributed by atoms with van der Waals surface area (Å²) in [6.07, 6.45) is 0.506. The largest absolute Gasteiger partial charge is 0.454 e. The van der Waals surface area contributed by atoms with E-state index in [9.17, 15) is 0 Å². The second kappa shape index (κ2) is 4.33. The molecule has 3 nitrogen and oxygen atoms in total. The standard InChI is InChI=1S/C11H15NO2/c1-2-12-6-5-9-3-4-10-11(7-9)14-8-13-10/h3-4,7,12H,2,5-6,8H2,1H3/i1D3,2D2. The van der Waals surface area contributed by atoms with Gasteiger partial charge in [-0.15, -0.1) is 0 Å². The zero-order valence-electron chi connectivity index (χ0n) is 12.7. The van der Waals surface area contributed by atoms with E-state index in [0.29, 0.717) is 17.9 Å². The summed E-state index contributed by atoms with van der Waals surface area (Å²) in [6, 6.07) is 5.45. The molecule has 0 radical (unpaired) electrons. The normalized spacial score (nSPS) is 20.4. The van der Waals surface area contributed by atoms with Gasteiger partial charge in [-0.05, 0) is 37.2 Å². The molecule has 3 heteroatoms. The molecule has 0 unspecified atom stereocenters. The van der Waals surface area contributed by atoms with Crippen LogP contribution in [0.1, 0.15) is 19.3 Å². The number of likely N-dealkylation sites (N-methyl/N-ethyl adjacent to an activating group) is 1. The fourth-order valence-electron chi connectivity index (χ4n) is 1.37. The lowest BCUT2D eigenvalue weighted by Crippen LogP contribution is -2.15. The van der Waals surface area contributed by atoms with Gasteiger partial charge in [0.2, 0.25) is 6.79 Å². The van der Waals surface area contributed by atoms with Gasteiger partial charge in [-0.1, -0.05) is 12.9 Å². The SMILES string of the molecule is [2H]C([2H])([2H])C([2H])([2H])NCCc1ccc2c(c1)OCO2. The van der Waals surface area contributed by atoms with Gasteiger partial charge >= 0.3 is 0 Å². The van der Waals surface area contributed by atoms with Crippen molar-refractivity contribution in [1.29, 1.82) is 0 Å². The van der Waals surface area contributed by atoms with Crippen LogP contribution in [0.25, 0.3) is 0 Å². The maximum absolute atomic E-state index is 7.41. The first-order chi connectivity index (χ1) is 8.79. The van der Waals surface area contributed by atoms with E-state index in [-0.39, 0.29) is 13.3 Å². The Labute approximate surface area is 91.1 Å². The minimum Gasteiger partial charge on any atom is -0.454 e. The molecule has 76 valence electrons. The first-order valence-electron chi connectivity index (χ1n) is 6.93. The van der Waals surface area contributed by atoms with Gasteiger partial charge in [-0.2, -0.15) is 0 Å². The molecule has 0 bridgehead atoms. The van der Waals surface area contributed by atoms with Crippen molar-refractivity contribution >= 4 is 0 Å². The Morgan fingerprint density at radius 3 is 3.36 bits per heavy atom. The molecule has 1 aliphatic heterocycles.